The number of hydrogen-bond acceptors (Lipinski definition) is 9. The van der Waals surface area contributed by atoms with Crippen molar-refractivity contribution in [3.8, 4) is 0 Å². The predicted molar refractivity (Wildman–Crippen MR) is 159 cm³/mol. The lowest BCUT2D eigenvalue weighted by molar-refractivity contribution is -0.173. The van der Waals surface area contributed by atoms with E-state index in [1.165, 1.54) is 25.8 Å². The first kappa shape index (κ1) is 32.0. The molecule has 2 aromatic rings. The molecule has 2 aromatic carbocycles. The van der Waals surface area contributed by atoms with Crippen molar-refractivity contribution in [3.63, 3.8) is 0 Å². The van der Waals surface area contributed by atoms with Crippen molar-refractivity contribution in [3.05, 3.63) is 65.7 Å². The second-order valence-electron chi connectivity index (χ2n) is 11.2. The Balaban J connectivity index is 1.36. The molecule has 0 bridgehead atoms. The van der Waals surface area contributed by atoms with Crippen molar-refractivity contribution >= 4 is 29.5 Å². The molecule has 2 fully saturated rings. The van der Waals surface area contributed by atoms with Gasteiger partial charge >= 0.3 is 17.9 Å². The molecule has 43 heavy (non-hydrogen) atoms. The van der Waals surface area contributed by atoms with Crippen molar-refractivity contribution in [2.45, 2.75) is 70.8 Å². The maximum Gasteiger partial charge on any atom is 0.347 e. The molecule has 0 N–H and O–H groups in total. The molecule has 1 aliphatic carbocycles. The van der Waals surface area contributed by atoms with Gasteiger partial charge in [0.15, 0.2) is 12.2 Å². The third kappa shape index (κ3) is 9.81. The van der Waals surface area contributed by atoms with E-state index in [4.69, 9.17) is 18.9 Å². The number of carbonyl (C=O) groups excluding carboxylic acids is 4. The smallest absolute Gasteiger partial charge is 0.347 e. The number of rotatable bonds is 14. The second-order valence-corrected chi connectivity index (χ2v) is 11.2. The number of morpholine rings is 1. The summed E-state index contributed by atoms with van der Waals surface area (Å²) < 4.78 is 21.7. The molecule has 10 nitrogen and oxygen atoms in total. The third-order valence-corrected chi connectivity index (χ3v) is 7.78. The molecule has 3 atom stereocenters. The summed E-state index contributed by atoms with van der Waals surface area (Å²) in [6.45, 7) is 5.86. The highest BCUT2D eigenvalue weighted by Crippen LogP contribution is 2.35. The van der Waals surface area contributed by atoms with Gasteiger partial charge in [0.25, 0.3) is 5.91 Å². The maximum atomic E-state index is 13.6. The quantitative estimate of drug-likeness (QED) is 0.239. The number of hydrogen-bond donors (Lipinski definition) is 0. The van der Waals surface area contributed by atoms with Gasteiger partial charge in [-0.3, -0.25) is 9.59 Å². The fourth-order valence-corrected chi connectivity index (χ4v) is 5.04. The van der Waals surface area contributed by atoms with Gasteiger partial charge in [0.2, 0.25) is 0 Å². The van der Waals surface area contributed by atoms with E-state index in [9.17, 15) is 19.2 Å². The van der Waals surface area contributed by atoms with Crippen molar-refractivity contribution < 1.29 is 38.1 Å². The lowest BCUT2D eigenvalue weighted by Gasteiger charge is -2.30. The Morgan fingerprint density at radius 2 is 1.60 bits per heavy atom. The maximum absolute atomic E-state index is 13.6. The Hall–Kier alpha value is -3.92. The minimum Gasteiger partial charge on any atom is -0.458 e. The van der Waals surface area contributed by atoms with Crippen LogP contribution in [0.5, 0.6) is 0 Å². The van der Waals surface area contributed by atoms with Crippen LogP contribution in [0.2, 0.25) is 0 Å². The molecular weight excluding hydrogens is 552 g/mol. The van der Waals surface area contributed by atoms with Crippen LogP contribution in [0.3, 0.4) is 0 Å². The van der Waals surface area contributed by atoms with Gasteiger partial charge in [-0.15, -0.1) is 0 Å². The number of carbonyl (C=O) groups is 4. The minimum absolute atomic E-state index is 0.0610. The Kier molecular flexibility index (Phi) is 11.6. The van der Waals surface area contributed by atoms with E-state index < -0.39 is 42.1 Å². The monoisotopic (exact) mass is 594 g/mol. The number of ether oxygens (including phenoxy) is 4. The summed E-state index contributed by atoms with van der Waals surface area (Å²) in [6, 6.07) is 16.4. The van der Waals surface area contributed by atoms with Crippen molar-refractivity contribution in [2.75, 3.05) is 38.3 Å². The van der Waals surface area contributed by atoms with Crippen LogP contribution < -0.4 is 4.90 Å². The van der Waals surface area contributed by atoms with E-state index in [1.54, 1.807) is 0 Å². The first-order valence-electron chi connectivity index (χ1n) is 15.0. The van der Waals surface area contributed by atoms with E-state index in [2.05, 4.69) is 4.90 Å². The van der Waals surface area contributed by atoms with Gasteiger partial charge in [0.1, 0.15) is 12.6 Å². The van der Waals surface area contributed by atoms with Crippen molar-refractivity contribution in [1.82, 2.24) is 4.90 Å². The number of anilines is 1. The lowest BCUT2D eigenvalue weighted by atomic mass is 10.0. The molecule has 0 spiro atoms. The highest BCUT2D eigenvalue weighted by molar-refractivity contribution is 5.89. The average molecular weight is 595 g/mol. The second kappa shape index (κ2) is 15.5. The standard InChI is InChI=1S/C33H42N2O8/c1-23(32(38)41-22-27-7-5-4-6-8-27)42-33(39)29(21-26-9-10-26)34(3)31(37)30(43-24(2)36)16-13-25-11-14-28(15-12-25)35-17-19-40-20-18-35/h4-8,11-12,14-15,23,26,29-30H,9-10,13,16-22H2,1-3H3/t23-,29+,30-/m1/s1. The normalized spacial score (nSPS) is 16.9. The number of benzene rings is 2. The highest BCUT2D eigenvalue weighted by atomic mass is 16.6. The largest absolute Gasteiger partial charge is 0.458 e. The zero-order valence-corrected chi connectivity index (χ0v) is 25.2. The van der Waals surface area contributed by atoms with Crippen LogP contribution in [-0.4, -0.2) is 80.3 Å². The summed E-state index contributed by atoms with van der Waals surface area (Å²) in [4.78, 5) is 54.9. The summed E-state index contributed by atoms with van der Waals surface area (Å²) >= 11 is 0. The van der Waals surface area contributed by atoms with Crippen LogP contribution in [0.25, 0.3) is 0 Å². The third-order valence-electron chi connectivity index (χ3n) is 7.78. The van der Waals surface area contributed by atoms with Crippen molar-refractivity contribution in [2.24, 2.45) is 5.92 Å². The lowest BCUT2D eigenvalue weighted by Crippen LogP contribution is -2.49. The van der Waals surface area contributed by atoms with E-state index in [0.29, 0.717) is 26.1 Å². The molecule has 1 aliphatic heterocycles. The number of amides is 1. The summed E-state index contributed by atoms with van der Waals surface area (Å²) in [6.07, 6.45) is 0.858. The fraction of sp³-hybridized carbons (Fsp3) is 0.515. The molecule has 1 heterocycles. The van der Waals surface area contributed by atoms with E-state index in [0.717, 1.165) is 42.7 Å². The zero-order valence-electron chi connectivity index (χ0n) is 25.2. The van der Waals surface area contributed by atoms with E-state index in [1.807, 2.05) is 54.6 Å². The van der Waals surface area contributed by atoms with Gasteiger partial charge in [-0.2, -0.15) is 0 Å². The fourth-order valence-electron chi connectivity index (χ4n) is 5.04. The molecule has 2 aliphatic rings. The van der Waals surface area contributed by atoms with E-state index in [-0.39, 0.29) is 18.9 Å². The molecule has 0 unspecified atom stereocenters. The number of likely N-dealkylation sites (N-methyl/N-ethyl adjacent to an activating group) is 1. The first-order chi connectivity index (χ1) is 20.7. The SMILES string of the molecule is CC(=O)O[C@H](CCc1ccc(N2CCOCC2)cc1)C(=O)N(C)[C@@H](CC1CC1)C(=O)O[C@H](C)C(=O)OCc1ccccc1. The van der Waals surface area contributed by atoms with E-state index >= 15 is 0 Å². The van der Waals surface area contributed by atoms with Gasteiger partial charge in [-0.25, -0.2) is 9.59 Å². The van der Waals surface area contributed by atoms with Gasteiger partial charge in [-0.05, 0) is 55.4 Å². The van der Waals surface area contributed by atoms with Crippen LogP contribution in [0, 0.1) is 5.92 Å². The Bertz CT molecular complexity index is 1230. The van der Waals surface area contributed by atoms with Crippen LogP contribution in [0.1, 0.15) is 50.7 Å². The predicted octanol–water partition coefficient (Wildman–Crippen LogP) is 3.69. The molecule has 1 saturated heterocycles. The number of esters is 3. The Morgan fingerprint density at radius 1 is 0.930 bits per heavy atom. The van der Waals surface area contributed by atoms with Gasteiger partial charge in [0.05, 0.1) is 13.2 Å². The summed E-state index contributed by atoms with van der Waals surface area (Å²) in [7, 11) is 1.52. The molecular formula is C33H42N2O8. The Labute approximate surface area is 253 Å². The molecule has 10 heteroatoms. The van der Waals surface area contributed by atoms with Crippen LogP contribution in [0.4, 0.5) is 5.69 Å². The first-order valence-corrected chi connectivity index (χ1v) is 15.0. The Morgan fingerprint density at radius 3 is 2.23 bits per heavy atom. The zero-order chi connectivity index (χ0) is 30.8. The molecule has 0 aromatic heterocycles. The van der Waals surface area contributed by atoms with Gasteiger partial charge < -0.3 is 28.7 Å². The molecule has 4 rings (SSSR count). The molecule has 0 radical (unpaired) electrons. The number of nitrogens with zero attached hydrogens (tertiary/aromatic N) is 2. The molecule has 1 saturated carbocycles. The summed E-state index contributed by atoms with van der Waals surface area (Å²) in [5, 5.41) is 0. The number of aryl methyl sites for hydroxylation is 1. The van der Waals surface area contributed by atoms with Gasteiger partial charge in [-0.1, -0.05) is 55.3 Å². The van der Waals surface area contributed by atoms with Crippen LogP contribution >= 0.6 is 0 Å². The average Bonchev–Trinajstić information content (AvgIpc) is 3.85. The minimum atomic E-state index is -1.15. The van der Waals surface area contributed by atoms with Crippen molar-refractivity contribution in [1.29, 1.82) is 0 Å². The highest BCUT2D eigenvalue weighted by Gasteiger charge is 2.38. The molecule has 1 amide bonds. The summed E-state index contributed by atoms with van der Waals surface area (Å²) in [5.74, 6) is -2.14. The topological polar surface area (TPSA) is 112 Å². The molecule has 232 valence electrons. The van der Waals surface area contributed by atoms with Crippen LogP contribution in [-0.2, 0) is 51.2 Å². The van der Waals surface area contributed by atoms with Gasteiger partial charge in [0, 0.05) is 32.7 Å². The summed E-state index contributed by atoms with van der Waals surface area (Å²) in [5.41, 5.74) is 2.93. The van der Waals surface area contributed by atoms with Crippen LogP contribution in [0.15, 0.2) is 54.6 Å².